The van der Waals surface area contributed by atoms with Crippen LogP contribution in [0.2, 0.25) is 5.02 Å². The molecule has 15 heteroatoms. The first kappa shape index (κ1) is 34.8. The molecule has 0 spiro atoms. The lowest BCUT2D eigenvalue weighted by molar-refractivity contribution is 0.0828. The van der Waals surface area contributed by atoms with Crippen molar-refractivity contribution < 1.29 is 31.5 Å². The molecule has 3 aromatic carbocycles. The van der Waals surface area contributed by atoms with Gasteiger partial charge in [-0.1, -0.05) is 35.9 Å². The molecule has 0 saturated carbocycles. The largest absolute Gasteiger partial charge is 0.490 e. The van der Waals surface area contributed by atoms with Gasteiger partial charge in [-0.3, -0.25) is 9.69 Å². The lowest BCUT2D eigenvalue weighted by Gasteiger charge is -2.41. The van der Waals surface area contributed by atoms with Crippen molar-refractivity contribution in [1.29, 1.82) is 0 Å². The van der Waals surface area contributed by atoms with Gasteiger partial charge in [-0.05, 0) is 61.7 Å². The first-order chi connectivity index (χ1) is 25.4. The van der Waals surface area contributed by atoms with Crippen LogP contribution in [0.5, 0.6) is 17.4 Å². The number of halogens is 3. The molecule has 2 aliphatic heterocycles. The Morgan fingerprint density at radius 2 is 1.72 bits per heavy atom. The van der Waals surface area contributed by atoms with E-state index in [1.165, 1.54) is 29.2 Å². The maximum atomic E-state index is 14.1. The summed E-state index contributed by atoms with van der Waals surface area (Å²) in [5.74, 6) is -1.60. The number of aromatic nitrogens is 4. The SMILES string of the molecule is Cc1cc(Oc2c(F)cccc2F)ncc1-n1ncc(C(=O)c2cc3cc(OC4CCN(C5CS(=O)(=O)C5)CC4)c(-c4ccccc4Cl)cc3[nH]2)c1N. The Labute approximate surface area is 308 Å². The number of nitrogens with zero attached hydrogens (tertiary/aromatic N) is 4. The number of carbonyl (C=O) groups is 1. The summed E-state index contributed by atoms with van der Waals surface area (Å²) in [7, 11) is -2.90. The second kappa shape index (κ2) is 13.6. The average Bonchev–Trinajstić information content (AvgIpc) is 3.72. The number of benzene rings is 3. The highest BCUT2D eigenvalue weighted by Crippen LogP contribution is 2.40. The van der Waals surface area contributed by atoms with Crippen LogP contribution in [0, 0.1) is 18.6 Å². The minimum absolute atomic E-state index is 0.0355. The number of nitrogens with one attached hydrogen (secondary N) is 1. The van der Waals surface area contributed by atoms with Gasteiger partial charge in [0.1, 0.15) is 17.7 Å². The normalized spacial score (nSPS) is 16.5. The van der Waals surface area contributed by atoms with E-state index in [4.69, 9.17) is 26.8 Å². The van der Waals surface area contributed by atoms with Crippen LogP contribution < -0.4 is 15.2 Å². The standard InChI is InChI=1S/C38H33ClF2N6O5S/c1-21-13-35(52-37-29(40)7-4-8-30(37)41)43-18-33(21)47-38(42)27(17-44-47)36(48)32-14-22-15-34(26(16-31(22)45-32)25-5-2-3-6-28(25)39)51-24-9-11-46(12-10-24)23-19-53(49,50)20-23/h2-8,13-18,23-24,45H,9-12,19-20,42H2,1H3. The van der Waals surface area contributed by atoms with E-state index in [9.17, 15) is 22.0 Å². The Morgan fingerprint density at radius 3 is 2.42 bits per heavy atom. The smallest absolute Gasteiger partial charge is 0.219 e. The number of sulfone groups is 1. The molecule has 3 aromatic heterocycles. The molecule has 3 N–H and O–H groups in total. The van der Waals surface area contributed by atoms with Crippen LogP contribution in [0.15, 0.2) is 79.1 Å². The number of fused-ring (bicyclic) bond motifs is 1. The van der Waals surface area contributed by atoms with E-state index >= 15 is 0 Å². The number of aryl methyl sites for hydroxylation is 1. The molecular weight excluding hydrogens is 726 g/mol. The van der Waals surface area contributed by atoms with E-state index in [1.54, 1.807) is 19.1 Å². The summed E-state index contributed by atoms with van der Waals surface area (Å²) < 4.78 is 65.1. The maximum Gasteiger partial charge on any atom is 0.219 e. The average molecular weight is 759 g/mol. The molecule has 0 aliphatic carbocycles. The Bertz CT molecular complexity index is 2480. The topological polar surface area (TPSA) is 145 Å². The molecule has 11 nitrogen and oxygen atoms in total. The summed E-state index contributed by atoms with van der Waals surface area (Å²) in [5.41, 5.74) is 10.1. The van der Waals surface area contributed by atoms with Crippen LogP contribution >= 0.6 is 11.6 Å². The van der Waals surface area contributed by atoms with Crippen molar-refractivity contribution in [2.24, 2.45) is 0 Å². The molecular formula is C38H33ClF2N6O5S. The first-order valence-electron chi connectivity index (χ1n) is 16.9. The highest BCUT2D eigenvalue weighted by atomic mass is 35.5. The van der Waals surface area contributed by atoms with E-state index in [-0.39, 0.29) is 46.6 Å². The number of aromatic amines is 1. The Morgan fingerprint density at radius 1 is 0.981 bits per heavy atom. The number of hydrogen-bond acceptors (Lipinski definition) is 9. The zero-order valence-corrected chi connectivity index (χ0v) is 29.9. The highest BCUT2D eigenvalue weighted by molar-refractivity contribution is 7.92. The van der Waals surface area contributed by atoms with Crippen LogP contribution in [0.25, 0.3) is 27.7 Å². The van der Waals surface area contributed by atoms with Gasteiger partial charge in [-0.2, -0.15) is 5.10 Å². The Balaban J connectivity index is 1.05. The van der Waals surface area contributed by atoms with Crippen molar-refractivity contribution in [3.8, 4) is 34.2 Å². The molecule has 0 radical (unpaired) electrons. The molecule has 8 rings (SSSR count). The first-order valence-corrected chi connectivity index (χ1v) is 19.1. The lowest BCUT2D eigenvalue weighted by atomic mass is 10.0. The van der Waals surface area contributed by atoms with Crippen LogP contribution in [0.3, 0.4) is 0 Å². The number of anilines is 1. The van der Waals surface area contributed by atoms with Crippen molar-refractivity contribution in [3.63, 3.8) is 0 Å². The van der Waals surface area contributed by atoms with Gasteiger partial charge in [-0.25, -0.2) is 26.9 Å². The highest BCUT2D eigenvalue weighted by Gasteiger charge is 2.39. The zero-order chi connectivity index (χ0) is 37.0. The van der Waals surface area contributed by atoms with Gasteiger partial charge in [-0.15, -0.1) is 0 Å². The number of piperidine rings is 1. The third kappa shape index (κ3) is 6.73. The Hall–Kier alpha value is -5.31. The number of carbonyl (C=O) groups excluding carboxylic acids is 1. The number of hydrogen-bond donors (Lipinski definition) is 2. The minimum atomic E-state index is -2.90. The van der Waals surface area contributed by atoms with E-state index < -0.39 is 33.0 Å². The van der Waals surface area contributed by atoms with E-state index in [0.717, 1.165) is 54.6 Å². The van der Waals surface area contributed by atoms with Crippen molar-refractivity contribution in [2.75, 3.05) is 30.3 Å². The van der Waals surface area contributed by atoms with Crippen LogP contribution in [-0.2, 0) is 9.84 Å². The molecule has 6 aromatic rings. The number of ether oxygens (including phenoxy) is 2. The number of H-pyrrole nitrogens is 1. The van der Waals surface area contributed by atoms with E-state index in [0.29, 0.717) is 27.5 Å². The predicted molar refractivity (Wildman–Crippen MR) is 197 cm³/mol. The summed E-state index contributed by atoms with van der Waals surface area (Å²) in [6, 6.07) is 18.0. The number of rotatable bonds is 9. The zero-order valence-electron chi connectivity index (χ0n) is 28.4. The fraction of sp³-hybridized carbons (Fsp3) is 0.237. The maximum absolute atomic E-state index is 14.1. The minimum Gasteiger partial charge on any atom is -0.490 e. The number of likely N-dealkylation sites (tertiary alicyclic amines) is 1. The summed E-state index contributed by atoms with van der Waals surface area (Å²) in [6.07, 6.45) is 4.16. The van der Waals surface area contributed by atoms with Gasteiger partial charge in [0.25, 0.3) is 0 Å². The number of nitrogens with two attached hydrogens (primary N) is 1. The fourth-order valence-corrected chi connectivity index (χ4v) is 8.65. The van der Waals surface area contributed by atoms with Crippen LogP contribution in [-0.4, -0.2) is 75.6 Å². The quantitative estimate of drug-likeness (QED) is 0.150. The second-order valence-corrected chi connectivity index (χ2v) is 15.9. The van der Waals surface area contributed by atoms with Gasteiger partial charge in [0.05, 0.1) is 40.8 Å². The summed E-state index contributed by atoms with van der Waals surface area (Å²) in [5, 5.41) is 5.64. The molecule has 2 saturated heterocycles. The van der Waals surface area contributed by atoms with Crippen molar-refractivity contribution >= 4 is 43.9 Å². The van der Waals surface area contributed by atoms with Gasteiger partial charge >= 0.3 is 0 Å². The molecule has 272 valence electrons. The van der Waals surface area contributed by atoms with Gasteiger partial charge in [0.15, 0.2) is 21.5 Å². The van der Waals surface area contributed by atoms with E-state index in [1.807, 2.05) is 30.3 Å². The van der Waals surface area contributed by atoms with Gasteiger partial charge in [0, 0.05) is 52.3 Å². The van der Waals surface area contributed by atoms with Gasteiger partial charge in [0.2, 0.25) is 17.4 Å². The number of nitrogen functional groups attached to an aromatic ring is 1. The van der Waals surface area contributed by atoms with Crippen molar-refractivity contribution in [1.82, 2.24) is 24.6 Å². The van der Waals surface area contributed by atoms with Crippen LogP contribution in [0.1, 0.15) is 34.5 Å². The monoisotopic (exact) mass is 758 g/mol. The summed E-state index contributed by atoms with van der Waals surface area (Å²) in [4.78, 5) is 23.5. The molecule has 2 fully saturated rings. The third-order valence-electron chi connectivity index (χ3n) is 9.77. The molecule has 0 bridgehead atoms. The van der Waals surface area contributed by atoms with E-state index in [2.05, 4.69) is 20.0 Å². The molecule has 53 heavy (non-hydrogen) atoms. The fourth-order valence-electron chi connectivity index (χ4n) is 6.91. The second-order valence-electron chi connectivity index (χ2n) is 13.3. The van der Waals surface area contributed by atoms with Gasteiger partial charge < -0.3 is 20.2 Å². The predicted octanol–water partition coefficient (Wildman–Crippen LogP) is 6.90. The van der Waals surface area contributed by atoms with Crippen molar-refractivity contribution in [2.45, 2.75) is 31.9 Å². The summed E-state index contributed by atoms with van der Waals surface area (Å²) in [6.45, 7) is 3.21. The molecule has 0 atom stereocenters. The number of ketones is 1. The lowest BCUT2D eigenvalue weighted by Crippen LogP contribution is -2.56. The molecule has 5 heterocycles. The Kier molecular flexibility index (Phi) is 8.91. The molecule has 0 unspecified atom stereocenters. The van der Waals surface area contributed by atoms with Crippen molar-refractivity contribution in [3.05, 3.63) is 113 Å². The number of pyridine rings is 1. The molecule has 2 aliphatic rings. The molecule has 0 amide bonds. The summed E-state index contributed by atoms with van der Waals surface area (Å²) >= 11 is 6.66. The number of para-hydroxylation sites is 1. The van der Waals surface area contributed by atoms with Crippen LogP contribution in [0.4, 0.5) is 14.6 Å². The third-order valence-corrected chi connectivity index (χ3v) is 11.9.